The third-order valence-corrected chi connectivity index (χ3v) is 4.28. The van der Waals surface area contributed by atoms with Gasteiger partial charge < -0.3 is 9.47 Å². The Balaban J connectivity index is 2.29. The first-order valence-electron chi connectivity index (χ1n) is 9.52. The Morgan fingerprint density at radius 2 is 2.07 bits per heavy atom. The fourth-order valence-electron chi connectivity index (χ4n) is 3.24. The van der Waals surface area contributed by atoms with Crippen molar-refractivity contribution in [2.45, 2.75) is 47.1 Å². The number of allylic oxidation sites excluding steroid dienone is 3. The number of aromatic nitrogens is 2. The lowest BCUT2D eigenvalue weighted by atomic mass is 10.0. The van der Waals surface area contributed by atoms with E-state index in [1.807, 2.05) is 13.0 Å². The van der Waals surface area contributed by atoms with Gasteiger partial charge in [-0.05, 0) is 37.3 Å². The molecular weight excluding hydrogens is 342 g/mol. The second-order valence-corrected chi connectivity index (χ2v) is 7.46. The van der Waals surface area contributed by atoms with Crippen LogP contribution in [-0.4, -0.2) is 22.1 Å². The first kappa shape index (κ1) is 19.1. The summed E-state index contributed by atoms with van der Waals surface area (Å²) in [6.07, 6.45) is 9.53. The predicted octanol–water partition coefficient (Wildman–Crippen LogP) is 4.20. The van der Waals surface area contributed by atoms with E-state index in [1.54, 1.807) is 22.8 Å². The zero-order valence-corrected chi connectivity index (χ0v) is 16.6. The zero-order chi connectivity index (χ0) is 19.6. The third-order valence-electron chi connectivity index (χ3n) is 4.28. The fourth-order valence-corrected chi connectivity index (χ4v) is 3.24. The molecule has 0 bridgehead atoms. The summed E-state index contributed by atoms with van der Waals surface area (Å²) in [6.45, 7) is 10.8. The van der Waals surface area contributed by atoms with Crippen LogP contribution >= 0.6 is 0 Å². The molecule has 1 aromatic rings. The molecule has 0 radical (unpaired) electrons. The lowest BCUT2D eigenvalue weighted by molar-refractivity contribution is 0.282. The fraction of sp³-hybridized carbons (Fsp3) is 0.476. The number of hydrogen-bond acceptors (Lipinski definition) is 5. The molecule has 0 amide bonds. The van der Waals surface area contributed by atoms with Crippen molar-refractivity contribution in [3.63, 3.8) is 0 Å². The summed E-state index contributed by atoms with van der Waals surface area (Å²) in [5.41, 5.74) is 0.954. The highest BCUT2D eigenvalue weighted by atomic mass is 16.5. The second-order valence-electron chi connectivity index (χ2n) is 7.46. The monoisotopic (exact) mass is 369 g/mol. The molecule has 6 heteroatoms. The molecule has 0 fully saturated rings. The first-order chi connectivity index (χ1) is 12.9. The van der Waals surface area contributed by atoms with Gasteiger partial charge in [0.25, 0.3) is 5.56 Å². The van der Waals surface area contributed by atoms with Crippen LogP contribution in [0.25, 0.3) is 11.8 Å². The van der Waals surface area contributed by atoms with E-state index >= 15 is 0 Å². The number of aliphatic imine (C=N–C) groups is 1. The maximum Gasteiger partial charge on any atom is 0.265 e. The summed E-state index contributed by atoms with van der Waals surface area (Å²) >= 11 is 0. The highest BCUT2D eigenvalue weighted by Gasteiger charge is 2.33. The highest BCUT2D eigenvalue weighted by Crippen LogP contribution is 2.32. The van der Waals surface area contributed by atoms with Crippen molar-refractivity contribution in [3.05, 3.63) is 46.2 Å². The summed E-state index contributed by atoms with van der Waals surface area (Å²) in [4.78, 5) is 22.8. The zero-order valence-electron chi connectivity index (χ0n) is 16.6. The summed E-state index contributed by atoms with van der Waals surface area (Å²) in [7, 11) is 0. The lowest BCUT2D eigenvalue weighted by Gasteiger charge is -2.30. The molecule has 27 heavy (non-hydrogen) atoms. The van der Waals surface area contributed by atoms with Gasteiger partial charge in [0.2, 0.25) is 11.8 Å². The van der Waals surface area contributed by atoms with E-state index in [4.69, 9.17) is 14.5 Å². The van der Waals surface area contributed by atoms with Crippen molar-refractivity contribution < 1.29 is 9.47 Å². The Morgan fingerprint density at radius 3 is 2.74 bits per heavy atom. The topological polar surface area (TPSA) is 65.7 Å². The van der Waals surface area contributed by atoms with E-state index in [0.29, 0.717) is 41.4 Å². The quantitative estimate of drug-likeness (QED) is 0.798. The van der Waals surface area contributed by atoms with Crippen LogP contribution in [0.2, 0.25) is 0 Å². The van der Waals surface area contributed by atoms with Crippen molar-refractivity contribution >= 4 is 17.7 Å². The molecular formula is C21H27N3O3. The summed E-state index contributed by atoms with van der Waals surface area (Å²) in [6, 6.07) is -0.279. The Kier molecular flexibility index (Phi) is 5.63. The van der Waals surface area contributed by atoms with Crippen molar-refractivity contribution in [2.24, 2.45) is 16.8 Å². The van der Waals surface area contributed by atoms with Crippen LogP contribution < -0.4 is 10.3 Å². The molecule has 0 N–H and O–H groups in total. The molecule has 6 nitrogen and oxygen atoms in total. The molecule has 3 heterocycles. The van der Waals surface area contributed by atoms with Gasteiger partial charge in [0.05, 0.1) is 12.9 Å². The van der Waals surface area contributed by atoms with E-state index in [2.05, 4.69) is 32.7 Å². The molecule has 3 rings (SSSR count). The van der Waals surface area contributed by atoms with Gasteiger partial charge in [0.15, 0.2) is 5.82 Å². The number of rotatable bonds is 4. The Hall–Kier alpha value is -2.63. The van der Waals surface area contributed by atoms with E-state index in [0.717, 1.165) is 6.42 Å². The third kappa shape index (κ3) is 3.89. The normalized spacial score (nSPS) is 19.6. The number of ether oxygens (including phenoxy) is 2. The van der Waals surface area contributed by atoms with Crippen LogP contribution in [0, 0.1) is 11.8 Å². The smallest absolute Gasteiger partial charge is 0.265 e. The van der Waals surface area contributed by atoms with Crippen LogP contribution in [0.5, 0.6) is 5.88 Å². The van der Waals surface area contributed by atoms with Gasteiger partial charge in [0, 0.05) is 0 Å². The highest BCUT2D eigenvalue weighted by molar-refractivity contribution is 5.89. The van der Waals surface area contributed by atoms with Crippen molar-refractivity contribution in [1.82, 2.24) is 9.55 Å². The van der Waals surface area contributed by atoms with E-state index in [1.165, 1.54) is 6.26 Å². The Bertz CT molecular complexity index is 889. The SMILES string of the molecule is CCOC1=N/C(=C\C(C)C)c2nc3c(c(=O)n2C1CC(C)C)C=CC=CO3. The molecule has 0 saturated carbocycles. The lowest BCUT2D eigenvalue weighted by Crippen LogP contribution is -2.38. The van der Waals surface area contributed by atoms with Crippen molar-refractivity contribution in [3.8, 4) is 5.88 Å². The van der Waals surface area contributed by atoms with Crippen LogP contribution in [0.3, 0.4) is 0 Å². The maximum atomic E-state index is 13.4. The van der Waals surface area contributed by atoms with Gasteiger partial charge >= 0.3 is 0 Å². The molecule has 2 aliphatic rings. The molecule has 144 valence electrons. The number of nitrogens with zero attached hydrogens (tertiary/aromatic N) is 3. The summed E-state index contributed by atoms with van der Waals surface area (Å²) in [5, 5.41) is 0. The van der Waals surface area contributed by atoms with Crippen LogP contribution in [0.15, 0.2) is 34.3 Å². The Labute approximate surface area is 159 Å². The largest absolute Gasteiger partial charge is 0.480 e. The van der Waals surface area contributed by atoms with E-state index in [-0.39, 0.29) is 17.5 Å². The van der Waals surface area contributed by atoms with Gasteiger partial charge in [0.1, 0.15) is 17.3 Å². The standard InChI is InChI=1S/C21H27N3O3/c1-6-26-20-17(12-14(4)5)24-18(16(22-20)11-13(2)3)23-19-15(21(24)25)9-7-8-10-27-19/h7-11,13-14,17H,6,12H2,1-5H3/b16-11-. The average Bonchev–Trinajstić information content (AvgIpc) is 2.83. The van der Waals surface area contributed by atoms with Crippen molar-refractivity contribution in [2.75, 3.05) is 6.61 Å². The number of fused-ring (bicyclic) bond motifs is 2. The summed E-state index contributed by atoms with van der Waals surface area (Å²) in [5.74, 6) is 2.03. The molecule has 2 aliphatic heterocycles. The molecule has 0 spiro atoms. The van der Waals surface area contributed by atoms with Crippen LogP contribution in [-0.2, 0) is 4.74 Å². The van der Waals surface area contributed by atoms with E-state index in [9.17, 15) is 4.79 Å². The molecule has 0 saturated heterocycles. The van der Waals surface area contributed by atoms with E-state index < -0.39 is 0 Å². The average molecular weight is 369 g/mol. The summed E-state index contributed by atoms with van der Waals surface area (Å²) < 4.78 is 13.1. The molecule has 1 unspecified atom stereocenters. The molecule has 1 aromatic heterocycles. The van der Waals surface area contributed by atoms with Gasteiger partial charge in [-0.2, -0.15) is 4.98 Å². The minimum atomic E-state index is -0.279. The van der Waals surface area contributed by atoms with Gasteiger partial charge in [-0.3, -0.25) is 9.36 Å². The minimum Gasteiger partial charge on any atom is -0.480 e. The molecule has 0 aliphatic carbocycles. The first-order valence-corrected chi connectivity index (χ1v) is 9.52. The minimum absolute atomic E-state index is 0.137. The number of hydrogen-bond donors (Lipinski definition) is 0. The Morgan fingerprint density at radius 1 is 1.30 bits per heavy atom. The van der Waals surface area contributed by atoms with Gasteiger partial charge in [-0.15, -0.1) is 0 Å². The predicted molar refractivity (Wildman–Crippen MR) is 108 cm³/mol. The maximum absolute atomic E-state index is 13.4. The molecule has 0 aromatic carbocycles. The van der Waals surface area contributed by atoms with Gasteiger partial charge in [-0.25, -0.2) is 4.99 Å². The second kappa shape index (κ2) is 7.94. The van der Waals surface area contributed by atoms with Gasteiger partial charge in [-0.1, -0.05) is 39.8 Å². The van der Waals surface area contributed by atoms with Crippen LogP contribution in [0.4, 0.5) is 0 Å². The molecule has 1 atom stereocenters. The van der Waals surface area contributed by atoms with Crippen LogP contribution in [0.1, 0.15) is 58.5 Å². The van der Waals surface area contributed by atoms with Crippen molar-refractivity contribution in [1.29, 1.82) is 0 Å².